The summed E-state index contributed by atoms with van der Waals surface area (Å²) < 4.78 is 5.49. The first-order valence-electron chi connectivity index (χ1n) is 6.31. The van der Waals surface area contributed by atoms with E-state index in [2.05, 4.69) is 20.8 Å². The van der Waals surface area contributed by atoms with Gasteiger partial charge in [0, 0.05) is 24.5 Å². The van der Waals surface area contributed by atoms with E-state index in [1.165, 1.54) is 6.42 Å². The van der Waals surface area contributed by atoms with Crippen LogP contribution in [0.5, 0.6) is 0 Å². The summed E-state index contributed by atoms with van der Waals surface area (Å²) in [6, 6.07) is 0.435. The van der Waals surface area contributed by atoms with Gasteiger partial charge in [0.25, 0.3) is 5.91 Å². The van der Waals surface area contributed by atoms with Gasteiger partial charge in [-0.25, -0.2) is 0 Å². The minimum absolute atomic E-state index is 0.143. The molecule has 2 heterocycles. The number of hydrogen-bond acceptors (Lipinski definition) is 2. The second kappa shape index (κ2) is 6.01. The number of rotatable bonds is 3. The largest absolute Gasteiger partial charge is 0.368 e. The van der Waals surface area contributed by atoms with Gasteiger partial charge in [-0.2, -0.15) is 0 Å². The average molecular weight is 290 g/mol. The van der Waals surface area contributed by atoms with Crippen molar-refractivity contribution in [3.8, 4) is 0 Å². The molecule has 0 aromatic heterocycles. The second-order valence-electron chi connectivity index (χ2n) is 4.66. The van der Waals surface area contributed by atoms with Crippen LogP contribution in [0.15, 0.2) is 0 Å². The first-order chi connectivity index (χ1) is 7.83. The van der Waals surface area contributed by atoms with Crippen molar-refractivity contribution in [2.75, 3.05) is 18.5 Å². The molecule has 0 aromatic carbocycles. The summed E-state index contributed by atoms with van der Waals surface area (Å²) in [5.41, 5.74) is 0. The van der Waals surface area contributed by atoms with Gasteiger partial charge in [-0.1, -0.05) is 15.9 Å². The molecule has 16 heavy (non-hydrogen) atoms. The number of hydrogen-bond donors (Lipinski definition) is 0. The lowest BCUT2D eigenvalue weighted by Gasteiger charge is -2.36. The maximum absolute atomic E-state index is 12.3. The van der Waals surface area contributed by atoms with Gasteiger partial charge in [0.05, 0.1) is 0 Å². The van der Waals surface area contributed by atoms with Gasteiger partial charge in [0.15, 0.2) is 0 Å². The van der Waals surface area contributed by atoms with Crippen LogP contribution in [-0.4, -0.2) is 41.4 Å². The summed E-state index contributed by atoms with van der Waals surface area (Å²) in [5.74, 6) is 0.239. The minimum atomic E-state index is -0.143. The number of nitrogens with zero attached hydrogens (tertiary/aromatic N) is 1. The lowest BCUT2D eigenvalue weighted by Crippen LogP contribution is -2.48. The Hall–Kier alpha value is -0.0900. The molecule has 2 aliphatic rings. The molecule has 2 atom stereocenters. The molecule has 0 radical (unpaired) electrons. The quantitative estimate of drug-likeness (QED) is 0.747. The molecule has 0 aliphatic carbocycles. The van der Waals surface area contributed by atoms with Crippen LogP contribution in [-0.2, 0) is 9.53 Å². The van der Waals surface area contributed by atoms with E-state index in [4.69, 9.17) is 4.74 Å². The zero-order chi connectivity index (χ0) is 11.4. The Morgan fingerprint density at radius 3 is 2.88 bits per heavy atom. The molecule has 4 heteroatoms. The van der Waals surface area contributed by atoms with Crippen LogP contribution in [0.1, 0.15) is 38.5 Å². The molecule has 2 aliphatic heterocycles. The lowest BCUT2D eigenvalue weighted by atomic mass is 9.99. The van der Waals surface area contributed by atoms with E-state index >= 15 is 0 Å². The van der Waals surface area contributed by atoms with Crippen molar-refractivity contribution < 1.29 is 9.53 Å². The Morgan fingerprint density at radius 2 is 2.19 bits per heavy atom. The van der Waals surface area contributed by atoms with Crippen LogP contribution in [0, 0.1) is 0 Å². The molecular formula is C12H20BrNO2. The van der Waals surface area contributed by atoms with Crippen molar-refractivity contribution in [2.24, 2.45) is 0 Å². The normalized spacial score (nSPS) is 30.7. The highest BCUT2D eigenvalue weighted by atomic mass is 79.9. The summed E-state index contributed by atoms with van der Waals surface area (Å²) in [7, 11) is 0. The molecule has 1 amide bonds. The fourth-order valence-electron chi connectivity index (χ4n) is 2.67. The number of carbonyl (C=O) groups is 1. The van der Waals surface area contributed by atoms with Gasteiger partial charge in [0.1, 0.15) is 6.10 Å². The fourth-order valence-corrected chi connectivity index (χ4v) is 3.20. The van der Waals surface area contributed by atoms with Crippen molar-refractivity contribution in [1.82, 2.24) is 4.90 Å². The molecule has 3 nitrogen and oxygen atoms in total. The lowest BCUT2D eigenvalue weighted by molar-refractivity contribution is -0.144. The number of ether oxygens (including phenoxy) is 1. The van der Waals surface area contributed by atoms with Gasteiger partial charge in [-0.15, -0.1) is 0 Å². The first kappa shape index (κ1) is 12.4. The predicted octanol–water partition coefficient (Wildman–Crippen LogP) is 2.33. The first-order valence-corrected chi connectivity index (χ1v) is 7.43. The molecule has 2 saturated heterocycles. The number of alkyl halides is 1. The average Bonchev–Trinajstić information content (AvgIpc) is 2.83. The summed E-state index contributed by atoms with van der Waals surface area (Å²) >= 11 is 3.48. The standard InChI is InChI=1S/C12H20BrNO2/c13-7-6-10-4-1-2-8-14(10)12(15)11-5-3-9-16-11/h10-11H,1-9H2. The highest BCUT2D eigenvalue weighted by Gasteiger charge is 2.33. The van der Waals surface area contributed by atoms with Gasteiger partial charge < -0.3 is 9.64 Å². The van der Waals surface area contributed by atoms with E-state index in [9.17, 15) is 4.79 Å². The topological polar surface area (TPSA) is 29.5 Å². The van der Waals surface area contributed by atoms with Crippen molar-refractivity contribution in [2.45, 2.75) is 50.7 Å². The third-order valence-electron chi connectivity index (χ3n) is 3.56. The molecule has 2 rings (SSSR count). The maximum Gasteiger partial charge on any atom is 0.251 e. The number of piperidine rings is 1. The smallest absolute Gasteiger partial charge is 0.251 e. The van der Waals surface area contributed by atoms with Crippen LogP contribution >= 0.6 is 15.9 Å². The van der Waals surface area contributed by atoms with Gasteiger partial charge in [-0.3, -0.25) is 4.79 Å². The third kappa shape index (κ3) is 2.77. The zero-order valence-electron chi connectivity index (χ0n) is 9.66. The maximum atomic E-state index is 12.3. The molecule has 0 spiro atoms. The van der Waals surface area contributed by atoms with E-state index in [1.54, 1.807) is 0 Å². The Balaban J connectivity index is 1.95. The van der Waals surface area contributed by atoms with E-state index in [1.807, 2.05) is 0 Å². The van der Waals surface area contributed by atoms with Gasteiger partial charge in [0.2, 0.25) is 0 Å². The Labute approximate surface area is 106 Å². The van der Waals surface area contributed by atoms with Crippen LogP contribution < -0.4 is 0 Å². The van der Waals surface area contributed by atoms with E-state index < -0.39 is 0 Å². The monoisotopic (exact) mass is 289 g/mol. The predicted molar refractivity (Wildman–Crippen MR) is 66.7 cm³/mol. The highest BCUT2D eigenvalue weighted by molar-refractivity contribution is 9.09. The number of amides is 1. The van der Waals surface area contributed by atoms with Crippen LogP contribution in [0.4, 0.5) is 0 Å². The third-order valence-corrected chi connectivity index (χ3v) is 4.02. The molecule has 0 saturated carbocycles. The Morgan fingerprint density at radius 1 is 1.31 bits per heavy atom. The van der Waals surface area contributed by atoms with E-state index in [-0.39, 0.29) is 12.0 Å². The van der Waals surface area contributed by atoms with Crippen LogP contribution in [0.2, 0.25) is 0 Å². The minimum Gasteiger partial charge on any atom is -0.368 e. The molecule has 2 fully saturated rings. The molecule has 0 N–H and O–H groups in total. The van der Waals surface area contributed by atoms with Crippen molar-refractivity contribution in [3.05, 3.63) is 0 Å². The second-order valence-corrected chi connectivity index (χ2v) is 5.45. The number of halogens is 1. The summed E-state index contributed by atoms with van der Waals surface area (Å²) in [4.78, 5) is 14.3. The zero-order valence-corrected chi connectivity index (χ0v) is 11.2. The molecule has 0 aromatic rings. The van der Waals surface area contributed by atoms with E-state index in [0.29, 0.717) is 6.04 Å². The number of carbonyl (C=O) groups excluding carboxylic acids is 1. The fraction of sp³-hybridized carbons (Fsp3) is 0.917. The van der Waals surface area contributed by atoms with Crippen molar-refractivity contribution in [1.29, 1.82) is 0 Å². The van der Waals surface area contributed by atoms with Crippen LogP contribution in [0.25, 0.3) is 0 Å². The summed E-state index contributed by atoms with van der Waals surface area (Å²) in [6.07, 6.45) is 6.44. The Bertz CT molecular complexity index is 239. The summed E-state index contributed by atoms with van der Waals surface area (Å²) in [5, 5.41) is 0.979. The summed E-state index contributed by atoms with van der Waals surface area (Å²) in [6.45, 7) is 1.68. The number of likely N-dealkylation sites (tertiary alicyclic amines) is 1. The SMILES string of the molecule is O=C(C1CCCO1)N1CCCCC1CCBr. The van der Waals surface area contributed by atoms with Crippen molar-refractivity contribution in [3.63, 3.8) is 0 Å². The molecular weight excluding hydrogens is 270 g/mol. The van der Waals surface area contributed by atoms with Gasteiger partial charge in [-0.05, 0) is 38.5 Å². The van der Waals surface area contributed by atoms with E-state index in [0.717, 1.165) is 50.6 Å². The molecule has 2 unspecified atom stereocenters. The van der Waals surface area contributed by atoms with Crippen LogP contribution in [0.3, 0.4) is 0 Å². The highest BCUT2D eigenvalue weighted by Crippen LogP contribution is 2.24. The molecule has 92 valence electrons. The molecule has 0 bridgehead atoms. The van der Waals surface area contributed by atoms with Crippen molar-refractivity contribution >= 4 is 21.8 Å². The Kier molecular flexibility index (Phi) is 4.65. The van der Waals surface area contributed by atoms with Gasteiger partial charge >= 0.3 is 0 Å².